The highest BCUT2D eigenvalue weighted by Crippen LogP contribution is 2.16. The number of aromatic nitrogens is 1. The summed E-state index contributed by atoms with van der Waals surface area (Å²) in [5.74, 6) is -1.74. The number of H-pyrrole nitrogens is 1. The average Bonchev–Trinajstić information content (AvgIpc) is 2.73. The molecule has 1 unspecified atom stereocenters. The molecular formula is C11H15NO4. The fourth-order valence-corrected chi connectivity index (χ4v) is 1.22. The van der Waals surface area contributed by atoms with Crippen LogP contribution in [0.1, 0.15) is 38.1 Å². The number of aromatic amines is 1. The Bertz CT molecular complexity index is 383. The molecule has 0 radical (unpaired) electrons. The van der Waals surface area contributed by atoms with Crippen LogP contribution in [0.5, 0.6) is 0 Å². The highest BCUT2D eigenvalue weighted by atomic mass is 17.2. The lowest BCUT2D eigenvalue weighted by molar-refractivity contribution is -0.258. The Morgan fingerprint density at radius 3 is 2.56 bits per heavy atom. The molecule has 0 aliphatic heterocycles. The Hall–Kier alpha value is -1.78. The molecule has 1 N–H and O–H groups in total. The van der Waals surface area contributed by atoms with Gasteiger partial charge in [0.2, 0.25) is 0 Å². The molecule has 0 amide bonds. The van der Waals surface area contributed by atoms with Crippen LogP contribution in [-0.4, -0.2) is 16.9 Å². The van der Waals surface area contributed by atoms with Crippen LogP contribution in [-0.2, 0) is 25.8 Å². The van der Waals surface area contributed by atoms with E-state index < -0.39 is 17.9 Å². The van der Waals surface area contributed by atoms with Gasteiger partial charge in [-0.1, -0.05) is 6.92 Å². The van der Waals surface area contributed by atoms with Gasteiger partial charge in [0.25, 0.3) is 0 Å². The maximum absolute atomic E-state index is 11.4. The smallest absolute Gasteiger partial charge is 0.362 e. The van der Waals surface area contributed by atoms with Crippen molar-refractivity contribution >= 4 is 11.9 Å². The molecule has 0 spiro atoms. The van der Waals surface area contributed by atoms with Crippen LogP contribution in [0.2, 0.25) is 0 Å². The van der Waals surface area contributed by atoms with Crippen molar-refractivity contribution in [3.8, 4) is 0 Å². The lowest BCUT2D eigenvalue weighted by Crippen LogP contribution is -2.15. The molecule has 5 heteroatoms. The second-order valence-corrected chi connectivity index (χ2v) is 3.49. The number of hydrogen-bond donors (Lipinski definition) is 1. The molecule has 88 valence electrons. The summed E-state index contributed by atoms with van der Waals surface area (Å²) in [6.45, 7) is 4.86. The Morgan fingerprint density at radius 1 is 1.38 bits per heavy atom. The Kier molecular flexibility index (Phi) is 4.10. The van der Waals surface area contributed by atoms with Gasteiger partial charge in [-0.3, -0.25) is 0 Å². The van der Waals surface area contributed by atoms with Crippen LogP contribution in [0.4, 0.5) is 0 Å². The number of aryl methyl sites for hydroxylation is 1. The SMILES string of the molecule is CCc1ccc(C(C)C(=O)OOC(C)=O)[nH]1. The minimum atomic E-state index is -0.652. The van der Waals surface area contributed by atoms with Gasteiger partial charge in [0.05, 0.1) is 5.92 Å². The summed E-state index contributed by atoms with van der Waals surface area (Å²) in [6, 6.07) is 3.73. The summed E-state index contributed by atoms with van der Waals surface area (Å²) < 4.78 is 0. The van der Waals surface area contributed by atoms with E-state index in [1.54, 1.807) is 6.92 Å². The van der Waals surface area contributed by atoms with Crippen LogP contribution in [0.15, 0.2) is 12.1 Å². The Balaban J connectivity index is 2.59. The van der Waals surface area contributed by atoms with Gasteiger partial charge in [0.15, 0.2) is 0 Å². The minimum Gasteiger partial charge on any atom is -0.362 e. The van der Waals surface area contributed by atoms with Crippen molar-refractivity contribution < 1.29 is 19.4 Å². The lowest BCUT2D eigenvalue weighted by atomic mass is 10.1. The second kappa shape index (κ2) is 5.34. The van der Waals surface area contributed by atoms with Crippen molar-refractivity contribution in [3.05, 3.63) is 23.5 Å². The van der Waals surface area contributed by atoms with E-state index in [0.29, 0.717) is 0 Å². The van der Waals surface area contributed by atoms with E-state index in [1.807, 2.05) is 19.1 Å². The summed E-state index contributed by atoms with van der Waals surface area (Å²) in [7, 11) is 0. The van der Waals surface area contributed by atoms with Crippen LogP contribution in [0, 0.1) is 0 Å². The van der Waals surface area contributed by atoms with Crippen molar-refractivity contribution in [2.75, 3.05) is 0 Å². The van der Waals surface area contributed by atoms with Gasteiger partial charge < -0.3 is 4.98 Å². The zero-order chi connectivity index (χ0) is 12.1. The molecule has 0 saturated carbocycles. The van der Waals surface area contributed by atoms with Crippen molar-refractivity contribution in [2.45, 2.75) is 33.1 Å². The maximum Gasteiger partial charge on any atom is 0.364 e. The zero-order valence-electron chi connectivity index (χ0n) is 9.57. The largest absolute Gasteiger partial charge is 0.364 e. The van der Waals surface area contributed by atoms with Crippen molar-refractivity contribution in [2.24, 2.45) is 0 Å². The molecule has 16 heavy (non-hydrogen) atoms. The van der Waals surface area contributed by atoms with E-state index in [2.05, 4.69) is 14.8 Å². The monoisotopic (exact) mass is 225 g/mol. The maximum atomic E-state index is 11.4. The molecule has 0 bridgehead atoms. The van der Waals surface area contributed by atoms with E-state index in [1.165, 1.54) is 6.92 Å². The molecule has 0 aromatic carbocycles. The van der Waals surface area contributed by atoms with Crippen LogP contribution in [0.25, 0.3) is 0 Å². The van der Waals surface area contributed by atoms with Crippen molar-refractivity contribution in [1.29, 1.82) is 0 Å². The number of hydrogen-bond acceptors (Lipinski definition) is 4. The van der Waals surface area contributed by atoms with Gasteiger partial charge in [-0.15, -0.1) is 0 Å². The van der Waals surface area contributed by atoms with Crippen LogP contribution >= 0.6 is 0 Å². The van der Waals surface area contributed by atoms with Gasteiger partial charge in [-0.2, -0.15) is 0 Å². The van der Waals surface area contributed by atoms with Gasteiger partial charge >= 0.3 is 11.9 Å². The molecular weight excluding hydrogens is 210 g/mol. The highest BCUT2D eigenvalue weighted by molar-refractivity contribution is 5.77. The van der Waals surface area contributed by atoms with Crippen molar-refractivity contribution in [3.63, 3.8) is 0 Å². The molecule has 0 saturated heterocycles. The van der Waals surface area contributed by atoms with E-state index in [9.17, 15) is 9.59 Å². The van der Waals surface area contributed by atoms with Gasteiger partial charge in [-0.25, -0.2) is 19.4 Å². The molecule has 0 aliphatic rings. The first-order valence-corrected chi connectivity index (χ1v) is 5.11. The van der Waals surface area contributed by atoms with Gasteiger partial charge in [-0.05, 0) is 25.5 Å². The lowest BCUT2D eigenvalue weighted by Gasteiger charge is -2.07. The third kappa shape index (κ3) is 3.12. The third-order valence-electron chi connectivity index (χ3n) is 2.21. The molecule has 1 atom stereocenters. The molecule has 1 heterocycles. The summed E-state index contributed by atoms with van der Waals surface area (Å²) in [5.41, 5.74) is 1.79. The zero-order valence-corrected chi connectivity index (χ0v) is 9.57. The Morgan fingerprint density at radius 2 is 2.06 bits per heavy atom. The minimum absolute atomic E-state index is 0.486. The number of carbonyl (C=O) groups is 2. The van der Waals surface area contributed by atoms with Crippen molar-refractivity contribution in [1.82, 2.24) is 4.98 Å². The predicted molar refractivity (Wildman–Crippen MR) is 56.4 cm³/mol. The van der Waals surface area contributed by atoms with Crippen LogP contribution < -0.4 is 0 Å². The van der Waals surface area contributed by atoms with Gasteiger partial charge in [0.1, 0.15) is 0 Å². The first kappa shape index (κ1) is 12.3. The summed E-state index contributed by atoms with van der Waals surface area (Å²) >= 11 is 0. The third-order valence-corrected chi connectivity index (χ3v) is 2.21. The predicted octanol–water partition coefficient (Wildman–Crippen LogP) is 1.70. The molecule has 0 aliphatic carbocycles. The van der Waals surface area contributed by atoms with E-state index >= 15 is 0 Å². The van der Waals surface area contributed by atoms with E-state index in [-0.39, 0.29) is 0 Å². The van der Waals surface area contributed by atoms with E-state index in [4.69, 9.17) is 0 Å². The first-order valence-electron chi connectivity index (χ1n) is 5.11. The normalized spacial score (nSPS) is 11.9. The number of nitrogens with one attached hydrogen (secondary N) is 1. The fraction of sp³-hybridized carbons (Fsp3) is 0.455. The molecule has 0 fully saturated rings. The molecule has 1 aromatic rings. The summed E-state index contributed by atoms with van der Waals surface area (Å²) in [6.07, 6.45) is 0.867. The van der Waals surface area contributed by atoms with Gasteiger partial charge in [0, 0.05) is 18.3 Å². The Labute approximate surface area is 93.7 Å². The van der Waals surface area contributed by atoms with E-state index in [0.717, 1.165) is 17.8 Å². The fourth-order valence-electron chi connectivity index (χ4n) is 1.22. The molecule has 1 aromatic heterocycles. The number of rotatable bonds is 3. The summed E-state index contributed by atoms with van der Waals surface area (Å²) in [5, 5.41) is 0. The first-order chi connectivity index (χ1) is 7.54. The second-order valence-electron chi connectivity index (χ2n) is 3.49. The quantitative estimate of drug-likeness (QED) is 0.628. The topological polar surface area (TPSA) is 68.4 Å². The summed E-state index contributed by atoms with van der Waals surface area (Å²) in [4.78, 5) is 33.5. The standard InChI is InChI=1S/C11H15NO4/c1-4-9-5-6-10(12-9)7(2)11(14)16-15-8(3)13/h5-7,12H,4H2,1-3H3. The number of carbonyl (C=O) groups excluding carboxylic acids is 2. The van der Waals surface area contributed by atoms with Crippen LogP contribution in [0.3, 0.4) is 0 Å². The highest BCUT2D eigenvalue weighted by Gasteiger charge is 2.20. The molecule has 5 nitrogen and oxygen atoms in total. The average molecular weight is 225 g/mol. The molecule has 1 rings (SSSR count).